The van der Waals surface area contributed by atoms with Crippen molar-refractivity contribution in [1.29, 1.82) is 0 Å². The highest BCUT2D eigenvalue weighted by molar-refractivity contribution is 7.92. The lowest BCUT2D eigenvalue weighted by atomic mass is 10.2. The molecule has 0 aliphatic rings. The fraction of sp³-hybridized carbons (Fsp3) is 0.133. The van der Waals surface area contributed by atoms with E-state index in [1.54, 1.807) is 31.2 Å². The van der Waals surface area contributed by atoms with Gasteiger partial charge in [0.1, 0.15) is 12.4 Å². The third kappa shape index (κ3) is 3.85. The lowest BCUT2D eigenvalue weighted by molar-refractivity contribution is -0.119. The number of carbonyl (C=O) groups excluding carboxylic acids is 1. The number of hydrazine groups is 1. The molecule has 6 nitrogen and oxygen atoms in total. The maximum absolute atomic E-state index is 13.0. The Morgan fingerprint density at radius 1 is 1.22 bits per heavy atom. The second kappa shape index (κ2) is 6.76. The van der Waals surface area contributed by atoms with Gasteiger partial charge in [0.05, 0.1) is 10.6 Å². The van der Waals surface area contributed by atoms with E-state index >= 15 is 0 Å². The molecule has 0 unspecified atom stereocenters. The average molecular weight is 337 g/mol. The molecule has 0 spiro atoms. The highest BCUT2D eigenvalue weighted by atomic mass is 32.2. The largest absolute Gasteiger partial charge is 0.293 e. The van der Waals surface area contributed by atoms with Crippen LogP contribution in [0, 0.1) is 12.7 Å². The van der Waals surface area contributed by atoms with Gasteiger partial charge in [0.2, 0.25) is 0 Å². The van der Waals surface area contributed by atoms with E-state index < -0.39 is 28.3 Å². The van der Waals surface area contributed by atoms with Gasteiger partial charge in [-0.05, 0) is 48.9 Å². The maximum Gasteiger partial charge on any atom is 0.264 e. The monoisotopic (exact) mass is 337 g/mol. The Balaban J connectivity index is 2.51. The lowest BCUT2D eigenvalue weighted by Crippen LogP contribution is -2.43. The summed E-state index contributed by atoms with van der Waals surface area (Å²) in [4.78, 5) is 11.5. The molecule has 0 atom stereocenters. The third-order valence-electron chi connectivity index (χ3n) is 3.14. The first-order chi connectivity index (χ1) is 10.8. The molecular formula is C15H16FN3O3S. The summed E-state index contributed by atoms with van der Waals surface area (Å²) in [6, 6.07) is 11.1. The zero-order valence-corrected chi connectivity index (χ0v) is 13.2. The van der Waals surface area contributed by atoms with E-state index in [2.05, 4.69) is 0 Å². The van der Waals surface area contributed by atoms with Crippen molar-refractivity contribution in [2.24, 2.45) is 5.84 Å². The van der Waals surface area contributed by atoms with Crippen LogP contribution in [0.4, 0.5) is 10.1 Å². The zero-order valence-electron chi connectivity index (χ0n) is 12.4. The Morgan fingerprint density at radius 3 is 2.43 bits per heavy atom. The van der Waals surface area contributed by atoms with E-state index in [9.17, 15) is 17.6 Å². The van der Waals surface area contributed by atoms with E-state index in [4.69, 9.17) is 5.84 Å². The minimum atomic E-state index is -4.04. The van der Waals surface area contributed by atoms with Crippen LogP contribution in [0.2, 0.25) is 0 Å². The molecule has 0 aromatic heterocycles. The van der Waals surface area contributed by atoms with Crippen LogP contribution >= 0.6 is 0 Å². The number of halogens is 1. The number of aryl methyl sites for hydroxylation is 1. The SMILES string of the molecule is Cc1cccc(N(CC(=O)NN)S(=O)(=O)c2ccc(F)cc2)c1. The van der Waals surface area contributed by atoms with Gasteiger partial charge in [-0.25, -0.2) is 18.7 Å². The molecular weight excluding hydrogens is 321 g/mol. The van der Waals surface area contributed by atoms with Gasteiger partial charge in [0.15, 0.2) is 0 Å². The van der Waals surface area contributed by atoms with E-state index in [0.717, 1.165) is 34.1 Å². The molecule has 8 heteroatoms. The van der Waals surface area contributed by atoms with E-state index in [1.807, 2.05) is 5.43 Å². The minimum Gasteiger partial charge on any atom is -0.293 e. The summed E-state index contributed by atoms with van der Waals surface area (Å²) in [6.45, 7) is 1.31. The van der Waals surface area contributed by atoms with Crippen LogP contribution in [0.3, 0.4) is 0 Å². The van der Waals surface area contributed by atoms with Crippen LogP contribution in [-0.4, -0.2) is 20.9 Å². The first kappa shape index (κ1) is 16.9. The Morgan fingerprint density at radius 2 is 1.87 bits per heavy atom. The Labute approximate surface area is 133 Å². The smallest absolute Gasteiger partial charge is 0.264 e. The lowest BCUT2D eigenvalue weighted by Gasteiger charge is -2.24. The number of nitrogens with one attached hydrogen (secondary N) is 1. The van der Waals surface area contributed by atoms with E-state index in [-0.39, 0.29) is 4.90 Å². The number of anilines is 1. The first-order valence-electron chi connectivity index (χ1n) is 6.69. The van der Waals surface area contributed by atoms with Crippen molar-refractivity contribution in [3.8, 4) is 0 Å². The second-order valence-corrected chi connectivity index (χ2v) is 6.73. The Hall–Kier alpha value is -2.45. The van der Waals surface area contributed by atoms with Crippen LogP contribution in [0.15, 0.2) is 53.4 Å². The molecule has 1 amide bonds. The second-order valence-electron chi connectivity index (χ2n) is 4.87. The van der Waals surface area contributed by atoms with Crippen molar-refractivity contribution in [3.63, 3.8) is 0 Å². The molecule has 0 saturated carbocycles. The van der Waals surface area contributed by atoms with E-state index in [1.165, 1.54) is 0 Å². The van der Waals surface area contributed by atoms with Crippen molar-refractivity contribution in [1.82, 2.24) is 5.43 Å². The highest BCUT2D eigenvalue weighted by Gasteiger charge is 2.27. The fourth-order valence-corrected chi connectivity index (χ4v) is 3.42. The van der Waals surface area contributed by atoms with Crippen LogP contribution in [-0.2, 0) is 14.8 Å². The van der Waals surface area contributed by atoms with Crippen molar-refractivity contribution >= 4 is 21.6 Å². The number of amides is 1. The fourth-order valence-electron chi connectivity index (χ4n) is 2.01. The molecule has 0 aliphatic carbocycles. The summed E-state index contributed by atoms with van der Waals surface area (Å²) in [5.74, 6) is 3.84. The number of rotatable bonds is 5. The molecule has 2 aromatic carbocycles. The van der Waals surface area contributed by atoms with Crippen molar-refractivity contribution in [2.75, 3.05) is 10.8 Å². The molecule has 0 saturated heterocycles. The molecule has 0 heterocycles. The van der Waals surface area contributed by atoms with E-state index in [0.29, 0.717) is 5.69 Å². The summed E-state index contributed by atoms with van der Waals surface area (Å²) in [5, 5.41) is 0. The van der Waals surface area contributed by atoms with Crippen molar-refractivity contribution in [2.45, 2.75) is 11.8 Å². The van der Waals surface area contributed by atoms with Gasteiger partial charge < -0.3 is 0 Å². The summed E-state index contributed by atoms with van der Waals surface area (Å²) in [5.41, 5.74) is 3.05. The molecule has 122 valence electrons. The van der Waals surface area contributed by atoms with Crippen molar-refractivity contribution in [3.05, 3.63) is 59.9 Å². The maximum atomic E-state index is 13.0. The molecule has 2 aromatic rings. The van der Waals surface area contributed by atoms with Crippen LogP contribution in [0.25, 0.3) is 0 Å². The molecule has 3 N–H and O–H groups in total. The van der Waals surface area contributed by atoms with Gasteiger partial charge in [0.25, 0.3) is 15.9 Å². The summed E-state index contributed by atoms with van der Waals surface area (Å²) in [7, 11) is -4.04. The number of benzene rings is 2. The molecule has 0 aliphatic heterocycles. The molecule has 0 fully saturated rings. The van der Waals surface area contributed by atoms with Crippen molar-refractivity contribution < 1.29 is 17.6 Å². The normalized spacial score (nSPS) is 11.1. The zero-order chi connectivity index (χ0) is 17.0. The predicted octanol–water partition coefficient (Wildman–Crippen LogP) is 1.32. The van der Waals surface area contributed by atoms with Crippen LogP contribution in [0.1, 0.15) is 5.56 Å². The van der Waals surface area contributed by atoms with Gasteiger partial charge in [-0.3, -0.25) is 14.5 Å². The number of carbonyl (C=O) groups is 1. The average Bonchev–Trinajstić information content (AvgIpc) is 2.52. The minimum absolute atomic E-state index is 0.120. The number of nitrogens with two attached hydrogens (primary N) is 1. The predicted molar refractivity (Wildman–Crippen MR) is 84.4 cm³/mol. The molecule has 0 bridgehead atoms. The highest BCUT2D eigenvalue weighted by Crippen LogP contribution is 2.24. The number of sulfonamides is 1. The van der Waals surface area contributed by atoms with Gasteiger partial charge in [-0.15, -0.1) is 0 Å². The number of hydrogen-bond donors (Lipinski definition) is 2. The number of hydrogen-bond acceptors (Lipinski definition) is 4. The Bertz CT molecular complexity index is 807. The Kier molecular flexibility index (Phi) is 4.97. The van der Waals surface area contributed by atoms with Gasteiger partial charge in [0, 0.05) is 0 Å². The van der Waals surface area contributed by atoms with Gasteiger partial charge >= 0.3 is 0 Å². The van der Waals surface area contributed by atoms with Gasteiger partial charge in [-0.2, -0.15) is 0 Å². The third-order valence-corrected chi connectivity index (χ3v) is 4.93. The summed E-state index contributed by atoms with van der Waals surface area (Å²) in [6.07, 6.45) is 0. The first-order valence-corrected chi connectivity index (χ1v) is 8.13. The van der Waals surface area contributed by atoms with Crippen LogP contribution < -0.4 is 15.6 Å². The molecule has 23 heavy (non-hydrogen) atoms. The standard InChI is InChI=1S/C15H16FN3O3S/c1-11-3-2-4-13(9-11)19(10-15(20)18-17)23(21,22)14-7-5-12(16)6-8-14/h2-9H,10,17H2,1H3,(H,18,20). The number of nitrogens with zero attached hydrogens (tertiary/aromatic N) is 1. The summed E-state index contributed by atoms with van der Waals surface area (Å²) >= 11 is 0. The summed E-state index contributed by atoms with van der Waals surface area (Å²) < 4.78 is 39.5. The molecule has 2 rings (SSSR count). The van der Waals surface area contributed by atoms with Gasteiger partial charge in [-0.1, -0.05) is 12.1 Å². The quantitative estimate of drug-likeness (QED) is 0.489. The van der Waals surface area contributed by atoms with Crippen LogP contribution in [0.5, 0.6) is 0 Å². The topological polar surface area (TPSA) is 92.5 Å². The molecule has 0 radical (unpaired) electrons.